The monoisotopic (exact) mass is 333 g/mol. The number of hydrogen-bond donors (Lipinski definition) is 1. The second-order valence-electron chi connectivity index (χ2n) is 4.71. The van der Waals surface area contributed by atoms with Crippen molar-refractivity contribution < 1.29 is 19.1 Å². The Kier molecular flexibility index (Phi) is 5.76. The quantitative estimate of drug-likeness (QED) is 0.813. The Morgan fingerprint density at radius 3 is 2.39 bits per heavy atom. The van der Waals surface area contributed by atoms with Gasteiger partial charge in [-0.25, -0.2) is 4.79 Å². The fourth-order valence-electron chi connectivity index (χ4n) is 2.13. The van der Waals surface area contributed by atoms with E-state index >= 15 is 0 Å². The van der Waals surface area contributed by atoms with Gasteiger partial charge in [0, 0.05) is 17.9 Å². The van der Waals surface area contributed by atoms with E-state index in [-0.39, 0.29) is 12.5 Å². The Balaban J connectivity index is 2.42. The van der Waals surface area contributed by atoms with Crippen LogP contribution in [-0.2, 0) is 9.53 Å². The number of rotatable bonds is 6. The van der Waals surface area contributed by atoms with Gasteiger partial charge in [-0.05, 0) is 31.5 Å². The van der Waals surface area contributed by atoms with Gasteiger partial charge in [0.1, 0.15) is 16.3 Å². The predicted octanol–water partition coefficient (Wildman–Crippen LogP) is 3.95. The van der Waals surface area contributed by atoms with E-state index in [4.69, 9.17) is 9.47 Å². The van der Waals surface area contributed by atoms with E-state index in [9.17, 15) is 9.59 Å². The van der Waals surface area contributed by atoms with Gasteiger partial charge in [-0.15, -0.1) is 11.3 Å². The third-order valence-electron chi connectivity index (χ3n) is 3.04. The van der Waals surface area contributed by atoms with Crippen LogP contribution in [0.5, 0.6) is 5.75 Å². The molecule has 1 N–H and O–H groups in total. The average Bonchev–Trinajstić information content (AvgIpc) is 2.91. The van der Waals surface area contributed by atoms with Gasteiger partial charge in [-0.3, -0.25) is 4.79 Å². The molecule has 1 heterocycles. The number of benzene rings is 1. The number of ether oxygens (including phenoxy) is 2. The summed E-state index contributed by atoms with van der Waals surface area (Å²) in [6.07, 6.45) is 0. The lowest BCUT2D eigenvalue weighted by molar-refractivity contribution is -0.114. The molecular formula is C17H19NO4S. The molecule has 0 aliphatic rings. The van der Waals surface area contributed by atoms with Crippen molar-refractivity contribution in [2.24, 2.45) is 0 Å². The van der Waals surface area contributed by atoms with Gasteiger partial charge in [0.25, 0.3) is 0 Å². The standard InChI is InChI=1S/C17H19NO4S/c1-4-21-13-8-6-12(7-9-13)14-10-23-16(18-11(3)19)15(14)17(20)22-5-2/h6-10H,4-5H2,1-3H3,(H,18,19). The van der Waals surface area contributed by atoms with E-state index in [1.54, 1.807) is 6.92 Å². The van der Waals surface area contributed by atoms with Gasteiger partial charge < -0.3 is 14.8 Å². The first-order valence-electron chi connectivity index (χ1n) is 7.36. The molecule has 0 saturated heterocycles. The lowest BCUT2D eigenvalue weighted by Gasteiger charge is -2.08. The maximum absolute atomic E-state index is 12.3. The Morgan fingerprint density at radius 2 is 1.83 bits per heavy atom. The minimum Gasteiger partial charge on any atom is -0.494 e. The van der Waals surface area contributed by atoms with E-state index in [2.05, 4.69) is 5.32 Å². The van der Waals surface area contributed by atoms with Gasteiger partial charge in [0.2, 0.25) is 5.91 Å². The van der Waals surface area contributed by atoms with Crippen LogP contribution in [0.4, 0.5) is 5.00 Å². The Labute approximate surface area is 139 Å². The van der Waals surface area contributed by atoms with Gasteiger partial charge in [-0.2, -0.15) is 0 Å². The first kappa shape index (κ1) is 17.0. The fraction of sp³-hybridized carbons (Fsp3) is 0.294. The van der Waals surface area contributed by atoms with Gasteiger partial charge in [0.05, 0.1) is 13.2 Å². The van der Waals surface area contributed by atoms with Crippen molar-refractivity contribution in [1.82, 2.24) is 0 Å². The van der Waals surface area contributed by atoms with Crippen molar-refractivity contribution in [3.8, 4) is 16.9 Å². The van der Waals surface area contributed by atoms with Crippen molar-refractivity contribution in [2.75, 3.05) is 18.5 Å². The summed E-state index contributed by atoms with van der Waals surface area (Å²) in [6.45, 7) is 5.95. The number of anilines is 1. The molecule has 0 radical (unpaired) electrons. The molecule has 0 aliphatic carbocycles. The molecule has 0 bridgehead atoms. The van der Waals surface area contributed by atoms with Crippen LogP contribution in [0.1, 0.15) is 31.1 Å². The van der Waals surface area contributed by atoms with Crippen molar-refractivity contribution in [1.29, 1.82) is 0 Å². The topological polar surface area (TPSA) is 64.6 Å². The summed E-state index contributed by atoms with van der Waals surface area (Å²) < 4.78 is 10.5. The summed E-state index contributed by atoms with van der Waals surface area (Å²) in [5.41, 5.74) is 1.99. The zero-order valence-corrected chi connectivity index (χ0v) is 14.2. The lowest BCUT2D eigenvalue weighted by Crippen LogP contribution is -2.11. The Bertz CT molecular complexity index is 691. The molecule has 5 nitrogen and oxygen atoms in total. The van der Waals surface area contributed by atoms with Crippen LogP contribution >= 0.6 is 11.3 Å². The smallest absolute Gasteiger partial charge is 0.341 e. The molecule has 0 aliphatic heterocycles. The third-order valence-corrected chi connectivity index (χ3v) is 3.93. The van der Waals surface area contributed by atoms with Crippen LogP contribution < -0.4 is 10.1 Å². The van der Waals surface area contributed by atoms with Crippen LogP contribution in [0.3, 0.4) is 0 Å². The van der Waals surface area contributed by atoms with Crippen LogP contribution in [0.25, 0.3) is 11.1 Å². The van der Waals surface area contributed by atoms with Crippen molar-refractivity contribution in [2.45, 2.75) is 20.8 Å². The second kappa shape index (κ2) is 7.78. The lowest BCUT2D eigenvalue weighted by atomic mass is 10.0. The van der Waals surface area contributed by atoms with E-state index in [1.807, 2.05) is 36.6 Å². The van der Waals surface area contributed by atoms with Gasteiger partial charge in [-0.1, -0.05) is 12.1 Å². The minimum absolute atomic E-state index is 0.226. The Hall–Kier alpha value is -2.34. The summed E-state index contributed by atoms with van der Waals surface area (Å²) in [6, 6.07) is 7.47. The highest BCUT2D eigenvalue weighted by Gasteiger charge is 2.22. The first-order valence-corrected chi connectivity index (χ1v) is 8.24. The molecule has 1 aromatic heterocycles. The molecule has 122 valence electrons. The number of esters is 1. The van der Waals surface area contributed by atoms with Crippen LogP contribution in [-0.4, -0.2) is 25.1 Å². The largest absolute Gasteiger partial charge is 0.494 e. The molecule has 6 heteroatoms. The molecule has 2 rings (SSSR count). The number of thiophene rings is 1. The summed E-state index contributed by atoms with van der Waals surface area (Å²) in [5, 5.41) is 5.03. The summed E-state index contributed by atoms with van der Waals surface area (Å²) in [5.74, 6) is 0.100. The fourth-order valence-corrected chi connectivity index (χ4v) is 3.13. The molecule has 0 fully saturated rings. The van der Waals surface area contributed by atoms with Gasteiger partial charge >= 0.3 is 5.97 Å². The molecule has 23 heavy (non-hydrogen) atoms. The normalized spacial score (nSPS) is 10.2. The van der Waals surface area contributed by atoms with Gasteiger partial charge in [0.15, 0.2) is 0 Å². The summed E-state index contributed by atoms with van der Waals surface area (Å²) in [4.78, 5) is 23.6. The number of carbonyl (C=O) groups is 2. The first-order chi connectivity index (χ1) is 11.1. The average molecular weight is 333 g/mol. The summed E-state index contributed by atoms with van der Waals surface area (Å²) >= 11 is 1.30. The SMILES string of the molecule is CCOC(=O)c1c(-c2ccc(OCC)cc2)csc1NC(C)=O. The zero-order chi connectivity index (χ0) is 16.8. The van der Waals surface area contributed by atoms with E-state index < -0.39 is 5.97 Å². The third kappa shape index (κ3) is 4.10. The predicted molar refractivity (Wildman–Crippen MR) is 91.2 cm³/mol. The number of amides is 1. The maximum atomic E-state index is 12.3. The molecule has 2 aromatic rings. The molecule has 1 amide bonds. The van der Waals surface area contributed by atoms with Crippen molar-refractivity contribution >= 4 is 28.2 Å². The molecule has 0 atom stereocenters. The van der Waals surface area contributed by atoms with Crippen LogP contribution in [0.2, 0.25) is 0 Å². The molecule has 1 aromatic carbocycles. The number of nitrogens with one attached hydrogen (secondary N) is 1. The van der Waals surface area contributed by atoms with Crippen LogP contribution in [0, 0.1) is 0 Å². The molecule has 0 spiro atoms. The highest BCUT2D eigenvalue weighted by molar-refractivity contribution is 7.15. The molecular weight excluding hydrogens is 314 g/mol. The molecule has 0 unspecified atom stereocenters. The second-order valence-corrected chi connectivity index (χ2v) is 5.59. The highest BCUT2D eigenvalue weighted by atomic mass is 32.1. The maximum Gasteiger partial charge on any atom is 0.341 e. The summed E-state index contributed by atoms with van der Waals surface area (Å²) in [7, 11) is 0. The molecule has 0 saturated carbocycles. The highest BCUT2D eigenvalue weighted by Crippen LogP contribution is 2.36. The minimum atomic E-state index is -0.443. The van der Waals surface area contributed by atoms with E-state index in [1.165, 1.54) is 18.3 Å². The zero-order valence-electron chi connectivity index (χ0n) is 13.3. The van der Waals surface area contributed by atoms with Crippen LogP contribution in [0.15, 0.2) is 29.6 Å². The number of hydrogen-bond acceptors (Lipinski definition) is 5. The van der Waals surface area contributed by atoms with Crippen molar-refractivity contribution in [3.05, 3.63) is 35.2 Å². The van der Waals surface area contributed by atoms with E-state index in [0.29, 0.717) is 17.2 Å². The number of carbonyl (C=O) groups excluding carboxylic acids is 2. The van der Waals surface area contributed by atoms with E-state index in [0.717, 1.165) is 16.9 Å². The van der Waals surface area contributed by atoms with Crippen molar-refractivity contribution in [3.63, 3.8) is 0 Å². The Morgan fingerprint density at radius 1 is 1.13 bits per heavy atom.